The molecule has 0 saturated carbocycles. The van der Waals surface area contributed by atoms with E-state index in [1.165, 1.54) is 6.20 Å². The first-order chi connectivity index (χ1) is 11.1. The summed E-state index contributed by atoms with van der Waals surface area (Å²) in [5.74, 6) is 0.972. The molecule has 1 aromatic carbocycles. The fourth-order valence-electron chi connectivity index (χ4n) is 2.18. The summed E-state index contributed by atoms with van der Waals surface area (Å²) in [6, 6.07) is 10.9. The summed E-state index contributed by atoms with van der Waals surface area (Å²) < 4.78 is 0.746. The van der Waals surface area contributed by atoms with Crippen molar-refractivity contribution in [1.29, 1.82) is 0 Å². The minimum absolute atomic E-state index is 0.241. The van der Waals surface area contributed by atoms with Crippen LogP contribution in [0.15, 0.2) is 53.3 Å². The van der Waals surface area contributed by atoms with Crippen LogP contribution in [0.3, 0.4) is 0 Å². The van der Waals surface area contributed by atoms with Gasteiger partial charge >= 0.3 is 0 Å². The lowest BCUT2D eigenvalue weighted by Crippen LogP contribution is -2.30. The minimum atomic E-state index is -0.437. The van der Waals surface area contributed by atoms with E-state index in [0.29, 0.717) is 17.2 Å². The molecule has 6 nitrogen and oxygen atoms in total. The van der Waals surface area contributed by atoms with E-state index in [2.05, 4.69) is 41.4 Å². The van der Waals surface area contributed by atoms with E-state index in [-0.39, 0.29) is 5.91 Å². The zero-order valence-corrected chi connectivity index (χ0v) is 13.9. The lowest BCUT2D eigenvalue weighted by molar-refractivity contribution is 0.0941. The summed E-state index contributed by atoms with van der Waals surface area (Å²) in [6.07, 6.45) is 3.15. The molecule has 0 fully saturated rings. The maximum Gasteiger partial charge on any atom is 0.253 e. The highest BCUT2D eigenvalue weighted by Crippen LogP contribution is 2.20. The molecule has 1 amide bonds. The van der Waals surface area contributed by atoms with E-state index in [0.717, 1.165) is 10.0 Å². The van der Waals surface area contributed by atoms with Gasteiger partial charge < -0.3 is 5.32 Å². The van der Waals surface area contributed by atoms with E-state index >= 15 is 0 Å². The van der Waals surface area contributed by atoms with Gasteiger partial charge in [0.1, 0.15) is 11.9 Å². The van der Waals surface area contributed by atoms with Crippen molar-refractivity contribution in [2.75, 3.05) is 0 Å². The molecule has 0 spiro atoms. The fourth-order valence-corrected chi connectivity index (χ4v) is 2.55. The molecule has 3 rings (SSSR count). The van der Waals surface area contributed by atoms with Crippen LogP contribution in [0.25, 0.3) is 0 Å². The molecule has 116 valence electrons. The number of benzene rings is 1. The van der Waals surface area contributed by atoms with Gasteiger partial charge in [-0.3, -0.25) is 14.9 Å². The van der Waals surface area contributed by atoms with Gasteiger partial charge in [0, 0.05) is 16.9 Å². The molecule has 2 aromatic heterocycles. The van der Waals surface area contributed by atoms with Crippen LogP contribution in [-0.2, 0) is 0 Å². The second-order valence-electron chi connectivity index (χ2n) is 4.99. The van der Waals surface area contributed by atoms with Crippen molar-refractivity contribution in [3.05, 3.63) is 76.0 Å². The van der Waals surface area contributed by atoms with Gasteiger partial charge in [0.25, 0.3) is 5.91 Å². The predicted octanol–water partition coefficient (Wildman–Crippen LogP) is 2.79. The van der Waals surface area contributed by atoms with Gasteiger partial charge in [-0.05, 0) is 34.5 Å². The van der Waals surface area contributed by atoms with Gasteiger partial charge in [-0.2, -0.15) is 5.10 Å². The van der Waals surface area contributed by atoms with Crippen molar-refractivity contribution >= 4 is 21.8 Å². The van der Waals surface area contributed by atoms with Crippen LogP contribution in [0.5, 0.6) is 0 Å². The molecule has 23 heavy (non-hydrogen) atoms. The van der Waals surface area contributed by atoms with Crippen LogP contribution in [0.1, 0.15) is 33.6 Å². The van der Waals surface area contributed by atoms with E-state index < -0.39 is 6.04 Å². The zero-order valence-electron chi connectivity index (χ0n) is 12.3. The Kier molecular flexibility index (Phi) is 4.47. The third kappa shape index (κ3) is 3.62. The molecule has 0 radical (unpaired) electrons. The molecule has 0 saturated heterocycles. The molecular formula is C16H14BrN5O. The van der Waals surface area contributed by atoms with Crippen LogP contribution in [0.4, 0.5) is 0 Å². The lowest BCUT2D eigenvalue weighted by atomic mass is 10.1. The quantitative estimate of drug-likeness (QED) is 0.738. The smallest absolute Gasteiger partial charge is 0.253 e. The van der Waals surface area contributed by atoms with Crippen LogP contribution in [0, 0.1) is 6.92 Å². The van der Waals surface area contributed by atoms with Crippen molar-refractivity contribution in [3.63, 3.8) is 0 Å². The molecule has 2 N–H and O–H groups in total. The topological polar surface area (TPSA) is 83.6 Å². The molecule has 1 atom stereocenters. The summed E-state index contributed by atoms with van der Waals surface area (Å²) >= 11 is 3.32. The summed E-state index contributed by atoms with van der Waals surface area (Å²) in [5.41, 5.74) is 1.37. The van der Waals surface area contributed by atoms with Crippen LogP contribution in [0.2, 0.25) is 0 Å². The second kappa shape index (κ2) is 6.70. The highest BCUT2D eigenvalue weighted by molar-refractivity contribution is 9.10. The number of rotatable bonds is 4. The Hall–Kier alpha value is -2.54. The predicted molar refractivity (Wildman–Crippen MR) is 88.8 cm³/mol. The maximum absolute atomic E-state index is 12.5. The Balaban J connectivity index is 1.92. The number of hydrogen-bond donors (Lipinski definition) is 2. The molecular weight excluding hydrogens is 358 g/mol. The number of H-pyrrole nitrogens is 1. The van der Waals surface area contributed by atoms with Crippen LogP contribution in [-0.4, -0.2) is 26.1 Å². The van der Waals surface area contributed by atoms with Crippen molar-refractivity contribution in [3.8, 4) is 0 Å². The first-order valence-electron chi connectivity index (χ1n) is 6.99. The number of aromatic amines is 1. The van der Waals surface area contributed by atoms with Crippen LogP contribution < -0.4 is 5.32 Å². The van der Waals surface area contributed by atoms with Crippen molar-refractivity contribution in [2.45, 2.75) is 13.0 Å². The SMILES string of the molecule is Cc1nc([C@@H](NC(=O)c2cncc(Br)c2)c2ccccc2)n[nH]1. The Bertz CT molecular complexity index is 818. The number of halogens is 1. The van der Waals surface area contributed by atoms with E-state index in [4.69, 9.17) is 0 Å². The zero-order chi connectivity index (χ0) is 16.2. The van der Waals surface area contributed by atoms with Gasteiger partial charge in [0.15, 0.2) is 5.82 Å². The summed E-state index contributed by atoms with van der Waals surface area (Å²) in [4.78, 5) is 20.9. The highest BCUT2D eigenvalue weighted by atomic mass is 79.9. The third-order valence-corrected chi connectivity index (χ3v) is 3.68. The highest BCUT2D eigenvalue weighted by Gasteiger charge is 2.21. The van der Waals surface area contributed by atoms with Crippen molar-refractivity contribution in [1.82, 2.24) is 25.5 Å². The molecule has 0 aliphatic rings. The summed E-state index contributed by atoms with van der Waals surface area (Å²) in [7, 11) is 0. The first kappa shape index (κ1) is 15.4. The Morgan fingerprint density at radius 1 is 1.26 bits per heavy atom. The molecule has 0 bridgehead atoms. The Morgan fingerprint density at radius 3 is 2.70 bits per heavy atom. The van der Waals surface area contributed by atoms with E-state index in [1.54, 1.807) is 12.3 Å². The summed E-state index contributed by atoms with van der Waals surface area (Å²) in [5, 5.41) is 9.95. The van der Waals surface area contributed by atoms with Gasteiger partial charge in [-0.25, -0.2) is 4.98 Å². The number of aryl methyl sites for hydroxylation is 1. The van der Waals surface area contributed by atoms with E-state index in [9.17, 15) is 4.79 Å². The number of carbonyl (C=O) groups is 1. The Morgan fingerprint density at radius 2 is 2.04 bits per heavy atom. The number of amides is 1. The van der Waals surface area contributed by atoms with Gasteiger partial charge in [-0.15, -0.1) is 0 Å². The number of aromatic nitrogens is 4. The van der Waals surface area contributed by atoms with Gasteiger partial charge in [0.2, 0.25) is 0 Å². The number of hydrogen-bond acceptors (Lipinski definition) is 4. The minimum Gasteiger partial charge on any atom is -0.338 e. The Labute approximate surface area is 141 Å². The average Bonchev–Trinajstić information content (AvgIpc) is 2.99. The van der Waals surface area contributed by atoms with Crippen molar-refractivity contribution in [2.24, 2.45) is 0 Å². The van der Waals surface area contributed by atoms with Crippen molar-refractivity contribution < 1.29 is 4.79 Å². The standard InChI is InChI=1S/C16H14BrN5O/c1-10-19-15(22-21-10)14(11-5-3-2-4-6-11)20-16(23)12-7-13(17)9-18-8-12/h2-9,14H,1H3,(H,20,23)(H,19,21,22)/t14-/m0/s1. The third-order valence-electron chi connectivity index (χ3n) is 3.25. The maximum atomic E-state index is 12.5. The lowest BCUT2D eigenvalue weighted by Gasteiger charge is -2.16. The summed E-state index contributed by atoms with van der Waals surface area (Å²) in [6.45, 7) is 1.82. The fraction of sp³-hybridized carbons (Fsp3) is 0.125. The number of carbonyl (C=O) groups excluding carboxylic acids is 1. The molecule has 3 aromatic rings. The normalized spacial score (nSPS) is 11.9. The molecule has 7 heteroatoms. The molecule has 2 heterocycles. The first-order valence-corrected chi connectivity index (χ1v) is 7.78. The second-order valence-corrected chi connectivity index (χ2v) is 5.90. The monoisotopic (exact) mass is 371 g/mol. The molecule has 0 aliphatic carbocycles. The van der Waals surface area contributed by atoms with Crippen LogP contribution >= 0.6 is 15.9 Å². The molecule has 0 aliphatic heterocycles. The average molecular weight is 372 g/mol. The largest absolute Gasteiger partial charge is 0.338 e. The van der Waals surface area contributed by atoms with Gasteiger partial charge in [-0.1, -0.05) is 30.3 Å². The number of nitrogens with zero attached hydrogens (tertiary/aromatic N) is 3. The number of nitrogens with one attached hydrogen (secondary N) is 2. The number of pyridine rings is 1. The molecule has 0 unspecified atom stereocenters. The van der Waals surface area contributed by atoms with E-state index in [1.807, 2.05) is 37.3 Å². The van der Waals surface area contributed by atoms with Gasteiger partial charge in [0.05, 0.1) is 5.56 Å².